The number of benzene rings is 1. The molecular weight excluding hydrogens is 326 g/mol. The SMILES string of the molecule is COc1cc(C)cc(C)c1-c1cnc2ncc([C@@H]3CCCNC3)nc2n1. The van der Waals surface area contributed by atoms with E-state index < -0.39 is 0 Å². The van der Waals surface area contributed by atoms with Gasteiger partial charge in [-0.3, -0.25) is 0 Å². The standard InChI is InChI=1S/C20H23N5O/c1-12-7-13(2)18(17(8-12)26-3)16-11-23-19-20(25-16)24-15(10-22-19)14-5-4-6-21-9-14/h7-8,10-11,14,21H,4-6,9H2,1-3H3/t14-/m1/s1. The van der Waals surface area contributed by atoms with Crippen molar-refractivity contribution in [3.05, 3.63) is 41.3 Å². The van der Waals surface area contributed by atoms with Gasteiger partial charge in [-0.05, 0) is 50.4 Å². The smallest absolute Gasteiger partial charge is 0.198 e. The third-order valence-electron chi connectivity index (χ3n) is 4.92. The molecule has 0 saturated carbocycles. The molecule has 6 heteroatoms. The average molecular weight is 349 g/mol. The first kappa shape index (κ1) is 16.8. The molecule has 4 rings (SSSR count). The Labute approximate surface area is 153 Å². The highest BCUT2D eigenvalue weighted by Gasteiger charge is 2.19. The molecule has 1 N–H and O–H groups in total. The van der Waals surface area contributed by atoms with Gasteiger partial charge in [-0.2, -0.15) is 0 Å². The molecule has 0 spiro atoms. The molecule has 3 heterocycles. The molecule has 0 radical (unpaired) electrons. The van der Waals surface area contributed by atoms with Crippen molar-refractivity contribution in [1.29, 1.82) is 0 Å². The quantitative estimate of drug-likeness (QED) is 0.783. The number of hydrogen-bond acceptors (Lipinski definition) is 6. The molecule has 0 unspecified atom stereocenters. The van der Waals surface area contributed by atoms with Crippen LogP contribution < -0.4 is 10.1 Å². The van der Waals surface area contributed by atoms with Crippen LogP contribution in [0.15, 0.2) is 24.5 Å². The average Bonchev–Trinajstić information content (AvgIpc) is 2.67. The molecule has 1 saturated heterocycles. The Balaban J connectivity index is 1.80. The Morgan fingerprint density at radius 1 is 1.08 bits per heavy atom. The molecule has 0 amide bonds. The van der Waals surface area contributed by atoms with Crippen LogP contribution in [0.4, 0.5) is 0 Å². The largest absolute Gasteiger partial charge is 0.496 e. The number of aryl methyl sites for hydroxylation is 2. The number of ether oxygens (including phenoxy) is 1. The Morgan fingerprint density at radius 3 is 2.69 bits per heavy atom. The summed E-state index contributed by atoms with van der Waals surface area (Å²) in [6.45, 7) is 6.14. The van der Waals surface area contributed by atoms with E-state index in [-0.39, 0.29) is 0 Å². The zero-order valence-corrected chi connectivity index (χ0v) is 15.4. The van der Waals surface area contributed by atoms with Crippen LogP contribution in [-0.2, 0) is 0 Å². The molecule has 1 aromatic carbocycles. The van der Waals surface area contributed by atoms with Crippen molar-refractivity contribution in [2.45, 2.75) is 32.6 Å². The lowest BCUT2D eigenvalue weighted by molar-refractivity contribution is 0.415. The summed E-state index contributed by atoms with van der Waals surface area (Å²) in [5.41, 5.74) is 6.14. The molecule has 1 fully saturated rings. The van der Waals surface area contributed by atoms with Gasteiger partial charge < -0.3 is 10.1 Å². The zero-order chi connectivity index (χ0) is 18.1. The molecule has 1 aliphatic heterocycles. The minimum Gasteiger partial charge on any atom is -0.496 e. The van der Waals surface area contributed by atoms with Gasteiger partial charge in [0.25, 0.3) is 0 Å². The third-order valence-corrected chi connectivity index (χ3v) is 4.92. The Hall–Kier alpha value is -2.60. The van der Waals surface area contributed by atoms with E-state index in [2.05, 4.69) is 35.2 Å². The monoisotopic (exact) mass is 349 g/mol. The summed E-state index contributed by atoms with van der Waals surface area (Å²) >= 11 is 0. The molecule has 134 valence electrons. The van der Waals surface area contributed by atoms with Crippen LogP contribution in [0, 0.1) is 13.8 Å². The summed E-state index contributed by atoms with van der Waals surface area (Å²) in [5.74, 6) is 1.19. The number of nitrogens with zero attached hydrogens (tertiary/aromatic N) is 4. The van der Waals surface area contributed by atoms with Crippen LogP contribution in [0.5, 0.6) is 5.75 Å². The maximum atomic E-state index is 5.58. The minimum absolute atomic E-state index is 0.391. The highest BCUT2D eigenvalue weighted by atomic mass is 16.5. The lowest BCUT2D eigenvalue weighted by atomic mass is 9.96. The van der Waals surface area contributed by atoms with Crippen LogP contribution in [0.3, 0.4) is 0 Å². The lowest BCUT2D eigenvalue weighted by Crippen LogP contribution is -2.29. The maximum absolute atomic E-state index is 5.58. The Bertz CT molecular complexity index is 950. The molecule has 3 aromatic rings. The highest BCUT2D eigenvalue weighted by Crippen LogP contribution is 2.33. The van der Waals surface area contributed by atoms with Gasteiger partial charge in [-0.25, -0.2) is 19.9 Å². The number of methoxy groups -OCH3 is 1. The number of fused-ring (bicyclic) bond motifs is 1. The van der Waals surface area contributed by atoms with E-state index in [1.165, 1.54) is 0 Å². The first-order valence-corrected chi connectivity index (χ1v) is 9.01. The summed E-state index contributed by atoms with van der Waals surface area (Å²) in [5, 5.41) is 3.43. The number of aromatic nitrogens is 4. The fourth-order valence-electron chi connectivity index (χ4n) is 3.66. The Kier molecular flexibility index (Phi) is 4.51. The van der Waals surface area contributed by atoms with Gasteiger partial charge in [-0.15, -0.1) is 0 Å². The second kappa shape index (κ2) is 6.96. The number of rotatable bonds is 3. The van der Waals surface area contributed by atoms with Gasteiger partial charge in [-0.1, -0.05) is 6.07 Å². The highest BCUT2D eigenvalue weighted by molar-refractivity contribution is 5.75. The predicted octanol–water partition coefficient (Wildman–Crippen LogP) is 3.18. The molecule has 6 nitrogen and oxygen atoms in total. The molecule has 2 aromatic heterocycles. The summed E-state index contributed by atoms with van der Waals surface area (Å²) < 4.78 is 5.58. The van der Waals surface area contributed by atoms with E-state index in [4.69, 9.17) is 14.7 Å². The number of hydrogen-bond donors (Lipinski definition) is 1. The second-order valence-electron chi connectivity index (χ2n) is 6.90. The van der Waals surface area contributed by atoms with E-state index in [0.29, 0.717) is 17.2 Å². The Morgan fingerprint density at radius 2 is 1.92 bits per heavy atom. The summed E-state index contributed by atoms with van der Waals surface area (Å²) in [6.07, 6.45) is 5.88. The van der Waals surface area contributed by atoms with Crippen molar-refractivity contribution in [3.8, 4) is 17.0 Å². The van der Waals surface area contributed by atoms with Crippen molar-refractivity contribution in [1.82, 2.24) is 25.3 Å². The summed E-state index contributed by atoms with van der Waals surface area (Å²) in [4.78, 5) is 18.5. The van der Waals surface area contributed by atoms with Crippen LogP contribution in [0.2, 0.25) is 0 Å². The van der Waals surface area contributed by atoms with E-state index in [1.54, 1.807) is 13.3 Å². The van der Waals surface area contributed by atoms with Gasteiger partial charge in [0.15, 0.2) is 11.3 Å². The van der Waals surface area contributed by atoms with E-state index in [9.17, 15) is 0 Å². The van der Waals surface area contributed by atoms with E-state index >= 15 is 0 Å². The third kappa shape index (κ3) is 3.12. The first-order valence-electron chi connectivity index (χ1n) is 9.01. The van der Waals surface area contributed by atoms with Gasteiger partial charge in [0.05, 0.1) is 30.9 Å². The molecule has 1 atom stereocenters. The molecule has 0 bridgehead atoms. The fourth-order valence-corrected chi connectivity index (χ4v) is 3.66. The van der Waals surface area contributed by atoms with E-state index in [0.717, 1.165) is 59.8 Å². The molecular formula is C20H23N5O. The van der Waals surface area contributed by atoms with Gasteiger partial charge in [0.2, 0.25) is 0 Å². The zero-order valence-electron chi connectivity index (χ0n) is 15.4. The number of nitrogens with one attached hydrogen (secondary N) is 1. The summed E-state index contributed by atoms with van der Waals surface area (Å²) in [6, 6.07) is 4.14. The predicted molar refractivity (Wildman–Crippen MR) is 101 cm³/mol. The summed E-state index contributed by atoms with van der Waals surface area (Å²) in [7, 11) is 1.68. The van der Waals surface area contributed by atoms with Crippen LogP contribution in [0.25, 0.3) is 22.6 Å². The molecule has 1 aliphatic rings. The molecule has 26 heavy (non-hydrogen) atoms. The molecule has 0 aliphatic carbocycles. The normalized spacial score (nSPS) is 17.4. The first-order chi connectivity index (χ1) is 12.7. The second-order valence-corrected chi connectivity index (χ2v) is 6.90. The fraction of sp³-hybridized carbons (Fsp3) is 0.400. The van der Waals surface area contributed by atoms with Crippen LogP contribution >= 0.6 is 0 Å². The maximum Gasteiger partial charge on any atom is 0.198 e. The van der Waals surface area contributed by atoms with Crippen LogP contribution in [-0.4, -0.2) is 40.1 Å². The van der Waals surface area contributed by atoms with Gasteiger partial charge in [0, 0.05) is 18.0 Å². The lowest BCUT2D eigenvalue weighted by Gasteiger charge is -2.21. The van der Waals surface area contributed by atoms with Crippen molar-refractivity contribution in [2.24, 2.45) is 0 Å². The van der Waals surface area contributed by atoms with Crippen LogP contribution in [0.1, 0.15) is 35.6 Å². The van der Waals surface area contributed by atoms with E-state index in [1.807, 2.05) is 12.3 Å². The van der Waals surface area contributed by atoms with Crippen molar-refractivity contribution in [2.75, 3.05) is 20.2 Å². The van der Waals surface area contributed by atoms with Crippen molar-refractivity contribution in [3.63, 3.8) is 0 Å². The van der Waals surface area contributed by atoms with Gasteiger partial charge >= 0.3 is 0 Å². The van der Waals surface area contributed by atoms with Crippen molar-refractivity contribution < 1.29 is 4.74 Å². The van der Waals surface area contributed by atoms with Gasteiger partial charge in [0.1, 0.15) is 5.75 Å². The minimum atomic E-state index is 0.391. The van der Waals surface area contributed by atoms with Crippen molar-refractivity contribution >= 4 is 11.3 Å². The number of piperidine rings is 1. The topological polar surface area (TPSA) is 72.8 Å².